The Morgan fingerprint density at radius 3 is 2.74 bits per heavy atom. The molecule has 5 rings (SSSR count). The van der Waals surface area contributed by atoms with Crippen LogP contribution >= 0.6 is 11.6 Å². The number of hydrogen-bond acceptors (Lipinski definition) is 5. The number of amides is 1. The zero-order valence-corrected chi connectivity index (χ0v) is 17.0. The molecular weight excluding hydrogens is 414 g/mol. The Bertz CT molecular complexity index is 1450. The van der Waals surface area contributed by atoms with Crippen LogP contribution in [0, 0.1) is 0 Å². The zero-order valence-electron chi connectivity index (χ0n) is 16.2. The van der Waals surface area contributed by atoms with Gasteiger partial charge in [-0.15, -0.1) is 11.6 Å². The number of alkyl halides is 1. The number of benzene rings is 2. The molecule has 3 aromatic heterocycles. The molecular formula is C23H16ClN5O2. The van der Waals surface area contributed by atoms with Crippen LogP contribution in [0.3, 0.4) is 0 Å². The number of aromatic nitrogens is 4. The van der Waals surface area contributed by atoms with Crippen molar-refractivity contribution in [1.29, 1.82) is 0 Å². The van der Waals surface area contributed by atoms with Crippen LogP contribution < -0.4 is 10.5 Å². The van der Waals surface area contributed by atoms with E-state index < -0.39 is 5.91 Å². The average Bonchev–Trinajstić information content (AvgIpc) is 3.20. The number of carbonyl (C=O) groups excluding carboxylic acids is 1. The summed E-state index contributed by atoms with van der Waals surface area (Å²) in [5.41, 5.74) is 9.07. The molecule has 2 aromatic carbocycles. The highest BCUT2D eigenvalue weighted by molar-refractivity contribution is 6.17. The smallest absolute Gasteiger partial charge is 0.249 e. The van der Waals surface area contributed by atoms with Crippen LogP contribution in [0.25, 0.3) is 27.8 Å². The van der Waals surface area contributed by atoms with E-state index in [4.69, 9.17) is 22.1 Å². The van der Waals surface area contributed by atoms with Gasteiger partial charge in [-0.25, -0.2) is 9.97 Å². The number of carbonyl (C=O) groups is 1. The van der Waals surface area contributed by atoms with Crippen LogP contribution in [0.15, 0.2) is 73.3 Å². The lowest BCUT2D eigenvalue weighted by molar-refractivity contribution is 0.0999. The van der Waals surface area contributed by atoms with Crippen molar-refractivity contribution in [2.75, 3.05) is 0 Å². The van der Waals surface area contributed by atoms with Crippen LogP contribution in [0.1, 0.15) is 15.9 Å². The quantitative estimate of drug-likeness (QED) is 0.413. The van der Waals surface area contributed by atoms with Gasteiger partial charge in [-0.2, -0.15) is 0 Å². The Hall–Kier alpha value is -3.97. The highest BCUT2D eigenvalue weighted by Gasteiger charge is 2.12. The summed E-state index contributed by atoms with van der Waals surface area (Å²) in [4.78, 5) is 24.6. The second-order valence-corrected chi connectivity index (χ2v) is 7.21. The van der Waals surface area contributed by atoms with Crippen molar-refractivity contribution in [3.63, 3.8) is 0 Å². The number of rotatable bonds is 5. The van der Waals surface area contributed by atoms with Crippen LogP contribution in [-0.2, 0) is 5.88 Å². The average molecular weight is 430 g/mol. The summed E-state index contributed by atoms with van der Waals surface area (Å²) in [5.74, 6) is 1.37. The number of hydrogen-bond donors (Lipinski definition) is 1. The Labute approximate surface area is 182 Å². The van der Waals surface area contributed by atoms with Crippen molar-refractivity contribution < 1.29 is 9.53 Å². The second-order valence-electron chi connectivity index (χ2n) is 6.94. The highest BCUT2D eigenvalue weighted by Crippen LogP contribution is 2.28. The summed E-state index contributed by atoms with van der Waals surface area (Å²) in [5, 5.41) is 0.982. The maximum absolute atomic E-state index is 11.6. The maximum Gasteiger partial charge on any atom is 0.249 e. The van der Waals surface area contributed by atoms with Gasteiger partial charge in [-0.05, 0) is 47.5 Å². The van der Waals surface area contributed by atoms with Gasteiger partial charge in [-0.1, -0.05) is 12.1 Å². The summed E-state index contributed by atoms with van der Waals surface area (Å²) in [6, 6.07) is 14.9. The predicted molar refractivity (Wildman–Crippen MR) is 118 cm³/mol. The first-order valence-electron chi connectivity index (χ1n) is 9.47. The molecule has 0 fully saturated rings. The molecule has 0 aliphatic heterocycles. The number of halogens is 1. The molecule has 0 radical (unpaired) electrons. The summed E-state index contributed by atoms with van der Waals surface area (Å²) in [6.07, 6.45) is 6.97. The van der Waals surface area contributed by atoms with E-state index in [1.54, 1.807) is 29.1 Å². The molecule has 0 aliphatic rings. The number of nitrogens with zero attached hydrogens (tertiary/aromatic N) is 4. The molecule has 7 nitrogen and oxygen atoms in total. The molecule has 0 spiro atoms. The minimum Gasteiger partial charge on any atom is -0.439 e. The molecule has 5 aromatic rings. The second kappa shape index (κ2) is 7.70. The number of primary amides is 1. The van der Waals surface area contributed by atoms with E-state index in [0.717, 1.165) is 22.0 Å². The van der Waals surface area contributed by atoms with Crippen molar-refractivity contribution in [3.8, 4) is 22.8 Å². The van der Waals surface area contributed by atoms with E-state index in [1.165, 1.54) is 0 Å². The number of ether oxygens (including phenoxy) is 1. The molecule has 31 heavy (non-hydrogen) atoms. The Kier molecular flexibility index (Phi) is 4.72. The van der Waals surface area contributed by atoms with Gasteiger partial charge in [0.25, 0.3) is 0 Å². The van der Waals surface area contributed by atoms with Gasteiger partial charge in [0.05, 0.1) is 11.7 Å². The number of pyridine rings is 1. The van der Waals surface area contributed by atoms with Gasteiger partial charge < -0.3 is 10.5 Å². The van der Waals surface area contributed by atoms with Crippen LogP contribution in [0.2, 0.25) is 0 Å². The van der Waals surface area contributed by atoms with Crippen molar-refractivity contribution >= 4 is 34.2 Å². The molecule has 1 amide bonds. The van der Waals surface area contributed by atoms with Crippen LogP contribution in [-0.4, -0.2) is 25.3 Å². The Balaban J connectivity index is 1.53. The van der Waals surface area contributed by atoms with E-state index in [9.17, 15) is 4.79 Å². The fraction of sp³-hybridized carbons (Fsp3) is 0.0435. The maximum atomic E-state index is 11.6. The first kappa shape index (κ1) is 19.0. The van der Waals surface area contributed by atoms with E-state index >= 15 is 0 Å². The third-order valence-corrected chi connectivity index (χ3v) is 5.26. The summed E-state index contributed by atoms with van der Waals surface area (Å²) in [6.45, 7) is 0. The van der Waals surface area contributed by atoms with Gasteiger partial charge in [0.1, 0.15) is 5.75 Å². The molecule has 152 valence electrons. The summed E-state index contributed by atoms with van der Waals surface area (Å²) >= 11 is 6.01. The van der Waals surface area contributed by atoms with Gasteiger partial charge in [0, 0.05) is 41.0 Å². The molecule has 8 heteroatoms. The van der Waals surface area contributed by atoms with E-state index in [0.29, 0.717) is 28.5 Å². The topological polar surface area (TPSA) is 95.4 Å². The lowest BCUT2D eigenvalue weighted by Gasteiger charge is -2.09. The number of imidazole rings is 1. The monoisotopic (exact) mass is 429 g/mol. The number of fused-ring (bicyclic) bond motifs is 2. The molecule has 0 bridgehead atoms. The Morgan fingerprint density at radius 1 is 1.03 bits per heavy atom. The van der Waals surface area contributed by atoms with E-state index in [2.05, 4.69) is 15.0 Å². The highest BCUT2D eigenvalue weighted by atomic mass is 35.5. The molecule has 0 saturated heterocycles. The number of nitrogens with two attached hydrogens (primary N) is 1. The van der Waals surface area contributed by atoms with Crippen molar-refractivity contribution in [2.45, 2.75) is 5.88 Å². The van der Waals surface area contributed by atoms with Crippen molar-refractivity contribution in [2.24, 2.45) is 5.73 Å². The SMILES string of the molecule is NC(=O)c1ccc(-c2cnc3ncc(Oc4ccc5ncccc5c4)n3c2)cc1CCl. The lowest BCUT2D eigenvalue weighted by atomic mass is 10.0. The first-order valence-corrected chi connectivity index (χ1v) is 10.0. The summed E-state index contributed by atoms with van der Waals surface area (Å²) in [7, 11) is 0. The van der Waals surface area contributed by atoms with Crippen molar-refractivity contribution in [1.82, 2.24) is 19.4 Å². The largest absolute Gasteiger partial charge is 0.439 e. The fourth-order valence-corrected chi connectivity index (χ4v) is 3.66. The molecule has 0 aliphatic carbocycles. The molecule has 0 atom stereocenters. The molecule has 0 saturated carbocycles. The normalized spacial score (nSPS) is 11.1. The molecule has 3 heterocycles. The Morgan fingerprint density at radius 2 is 1.90 bits per heavy atom. The standard InChI is InChI=1S/C23H16ClN5O2/c24-10-16-8-14(3-5-19(16)22(25)30)17-11-27-23-28-12-21(29(23)13-17)31-18-4-6-20-15(9-18)2-1-7-26-20/h1-9,11-13H,10H2,(H2,25,30). The van der Waals surface area contributed by atoms with Gasteiger partial charge >= 0.3 is 0 Å². The zero-order chi connectivity index (χ0) is 21.4. The first-order chi connectivity index (χ1) is 15.1. The summed E-state index contributed by atoms with van der Waals surface area (Å²) < 4.78 is 7.85. The third-order valence-electron chi connectivity index (χ3n) is 4.98. The van der Waals surface area contributed by atoms with Gasteiger partial charge in [0.2, 0.25) is 17.6 Å². The molecule has 2 N–H and O–H groups in total. The van der Waals surface area contributed by atoms with Gasteiger partial charge in [-0.3, -0.25) is 14.2 Å². The minimum atomic E-state index is -0.508. The third kappa shape index (κ3) is 3.55. The fourth-order valence-electron chi connectivity index (χ4n) is 3.44. The van der Waals surface area contributed by atoms with E-state index in [1.807, 2.05) is 48.7 Å². The molecule has 0 unspecified atom stereocenters. The van der Waals surface area contributed by atoms with Crippen LogP contribution in [0.5, 0.6) is 11.6 Å². The van der Waals surface area contributed by atoms with Gasteiger partial charge in [0.15, 0.2) is 0 Å². The van der Waals surface area contributed by atoms with Crippen LogP contribution in [0.4, 0.5) is 0 Å². The lowest BCUT2D eigenvalue weighted by Crippen LogP contribution is -2.13. The van der Waals surface area contributed by atoms with E-state index in [-0.39, 0.29) is 5.88 Å². The predicted octanol–water partition coefficient (Wildman–Crippen LogP) is 4.57. The minimum absolute atomic E-state index is 0.179. The van der Waals surface area contributed by atoms with Crippen molar-refractivity contribution in [3.05, 3.63) is 84.4 Å².